The predicted molar refractivity (Wildman–Crippen MR) is 125 cm³/mol. The van der Waals surface area contributed by atoms with E-state index in [4.69, 9.17) is 16.7 Å². The van der Waals surface area contributed by atoms with Gasteiger partial charge in [0.2, 0.25) is 10.0 Å². The SMILES string of the molecule is CC1(C)c2ccc(F)cc2Sc2c(O)c(S(=O)(=O)NC3CCN(CC(=O)O)CC3)c(Cl)c(O)c21. The first kappa shape index (κ1) is 25.1. The third kappa shape index (κ3) is 4.35. The molecular weight excluding hydrogens is 507 g/mol. The van der Waals surface area contributed by atoms with Gasteiger partial charge in [-0.15, -0.1) is 0 Å². The second kappa shape index (κ2) is 8.87. The molecule has 0 atom stereocenters. The number of rotatable bonds is 5. The van der Waals surface area contributed by atoms with Crippen molar-refractivity contribution in [3.05, 3.63) is 40.2 Å². The second-order valence-electron chi connectivity index (χ2n) is 8.98. The van der Waals surface area contributed by atoms with Crippen LogP contribution >= 0.6 is 23.4 Å². The number of benzene rings is 2. The van der Waals surface area contributed by atoms with E-state index >= 15 is 0 Å². The van der Waals surface area contributed by atoms with Gasteiger partial charge in [-0.1, -0.05) is 43.3 Å². The lowest BCUT2D eigenvalue weighted by molar-refractivity contribution is -0.138. The first-order valence-electron chi connectivity index (χ1n) is 10.5. The van der Waals surface area contributed by atoms with Crippen LogP contribution in [-0.4, -0.2) is 60.3 Å². The number of carboxylic acids is 1. The molecule has 2 heterocycles. The van der Waals surface area contributed by atoms with E-state index in [2.05, 4.69) is 4.72 Å². The van der Waals surface area contributed by atoms with Crippen molar-refractivity contribution >= 4 is 39.4 Å². The number of halogens is 2. The summed E-state index contributed by atoms with van der Waals surface area (Å²) >= 11 is 7.29. The van der Waals surface area contributed by atoms with Crippen LogP contribution in [0, 0.1) is 5.82 Å². The molecule has 0 aromatic heterocycles. The molecule has 1 fully saturated rings. The van der Waals surface area contributed by atoms with E-state index in [0.717, 1.165) is 11.8 Å². The third-order valence-electron chi connectivity index (χ3n) is 6.29. The van der Waals surface area contributed by atoms with Crippen LogP contribution in [0.4, 0.5) is 4.39 Å². The Bertz CT molecular complexity index is 1280. The average molecular weight is 531 g/mol. The Hall–Kier alpha value is -2.05. The van der Waals surface area contributed by atoms with Crippen molar-refractivity contribution in [3.63, 3.8) is 0 Å². The van der Waals surface area contributed by atoms with Gasteiger partial charge in [0.05, 0.1) is 11.4 Å². The number of nitrogens with one attached hydrogen (secondary N) is 1. The molecule has 0 saturated carbocycles. The van der Waals surface area contributed by atoms with Crippen LogP contribution in [0.1, 0.15) is 37.8 Å². The number of likely N-dealkylation sites (tertiary alicyclic amines) is 1. The number of carboxylic acid groups (broad SMARTS) is 1. The zero-order valence-electron chi connectivity index (χ0n) is 18.4. The first-order chi connectivity index (χ1) is 15.8. The molecule has 0 aliphatic carbocycles. The highest BCUT2D eigenvalue weighted by Crippen LogP contribution is 2.58. The molecule has 0 unspecified atom stereocenters. The molecular formula is C22H24ClFN2O6S2. The summed E-state index contributed by atoms with van der Waals surface area (Å²) in [6, 6.07) is 3.69. The molecule has 0 spiro atoms. The number of hydrogen-bond donors (Lipinski definition) is 4. The van der Waals surface area contributed by atoms with Gasteiger partial charge in [0.25, 0.3) is 0 Å². The second-order valence-corrected chi connectivity index (χ2v) is 12.1. The van der Waals surface area contributed by atoms with Crippen LogP contribution in [0.5, 0.6) is 11.5 Å². The van der Waals surface area contributed by atoms with Gasteiger partial charge in [0.15, 0.2) is 5.75 Å². The maximum Gasteiger partial charge on any atom is 0.317 e. The fourth-order valence-electron chi connectivity index (χ4n) is 4.59. The molecule has 2 aliphatic rings. The van der Waals surface area contributed by atoms with Crippen LogP contribution in [0.25, 0.3) is 0 Å². The van der Waals surface area contributed by atoms with Gasteiger partial charge in [-0.3, -0.25) is 9.69 Å². The van der Waals surface area contributed by atoms with Crippen LogP contribution in [-0.2, 0) is 20.2 Å². The average Bonchev–Trinajstić information content (AvgIpc) is 2.72. The number of phenolic OH excluding ortho intramolecular Hbond substituents is 2. The minimum atomic E-state index is -4.35. The van der Waals surface area contributed by atoms with E-state index in [1.165, 1.54) is 12.1 Å². The summed E-state index contributed by atoms with van der Waals surface area (Å²) in [5, 5.41) is 30.5. The Kier molecular flexibility index (Phi) is 6.54. The van der Waals surface area contributed by atoms with Gasteiger partial charge < -0.3 is 15.3 Å². The van der Waals surface area contributed by atoms with E-state index in [0.29, 0.717) is 36.4 Å². The van der Waals surface area contributed by atoms with Crippen molar-refractivity contribution in [3.8, 4) is 11.5 Å². The number of phenols is 2. The van der Waals surface area contributed by atoms with E-state index in [9.17, 15) is 27.8 Å². The zero-order chi connectivity index (χ0) is 25.0. The number of fused-ring (bicyclic) bond motifs is 2. The molecule has 8 nitrogen and oxygen atoms in total. The van der Waals surface area contributed by atoms with E-state index in [-0.39, 0.29) is 17.0 Å². The standard InChI is InChI=1S/C22H24ClFN2O6S2/c1-22(2)13-4-3-11(24)9-14(13)33-20-16(22)18(29)17(23)21(19(20)30)34(31,32)25-12-5-7-26(8-6-12)10-15(27)28/h3-4,9,12,25,29-30H,5-8,10H2,1-2H3,(H,27,28). The van der Waals surface area contributed by atoms with Gasteiger partial charge in [-0.25, -0.2) is 17.5 Å². The van der Waals surface area contributed by atoms with Crippen molar-refractivity contribution < 1.29 is 32.9 Å². The smallest absolute Gasteiger partial charge is 0.317 e. The summed E-state index contributed by atoms with van der Waals surface area (Å²) in [5.41, 5.74) is 0.0840. The Morgan fingerprint density at radius 2 is 1.91 bits per heavy atom. The van der Waals surface area contributed by atoms with Crippen LogP contribution in [0.15, 0.2) is 32.9 Å². The summed E-state index contributed by atoms with van der Waals surface area (Å²) in [4.78, 5) is 12.6. The zero-order valence-corrected chi connectivity index (χ0v) is 20.8. The minimum absolute atomic E-state index is 0.0988. The van der Waals surface area contributed by atoms with Crippen LogP contribution in [0.3, 0.4) is 0 Å². The monoisotopic (exact) mass is 530 g/mol. The first-order valence-corrected chi connectivity index (χ1v) is 13.2. The van der Waals surface area contributed by atoms with Crippen LogP contribution < -0.4 is 4.72 Å². The lowest BCUT2D eigenvalue weighted by atomic mass is 9.77. The quantitative estimate of drug-likeness (QED) is 0.432. The van der Waals surface area contributed by atoms with Crippen molar-refractivity contribution in [2.75, 3.05) is 19.6 Å². The highest BCUT2D eigenvalue weighted by Gasteiger charge is 2.42. The number of carbonyl (C=O) groups is 1. The van der Waals surface area contributed by atoms with Crippen molar-refractivity contribution in [1.82, 2.24) is 9.62 Å². The van der Waals surface area contributed by atoms with Crippen molar-refractivity contribution in [2.45, 2.75) is 52.8 Å². The summed E-state index contributed by atoms with van der Waals surface area (Å²) in [7, 11) is -4.35. The number of aromatic hydroxyl groups is 2. The molecule has 4 rings (SSSR count). The fourth-order valence-corrected chi connectivity index (χ4v) is 8.11. The number of hydrogen-bond acceptors (Lipinski definition) is 7. The largest absolute Gasteiger partial charge is 0.506 e. The Morgan fingerprint density at radius 1 is 1.26 bits per heavy atom. The van der Waals surface area contributed by atoms with Gasteiger partial charge >= 0.3 is 5.97 Å². The normalized spacial score (nSPS) is 18.4. The lowest BCUT2D eigenvalue weighted by Gasteiger charge is -2.36. The summed E-state index contributed by atoms with van der Waals surface area (Å²) < 4.78 is 42.9. The molecule has 184 valence electrons. The highest BCUT2D eigenvalue weighted by atomic mass is 35.5. The minimum Gasteiger partial charge on any atom is -0.506 e. The highest BCUT2D eigenvalue weighted by molar-refractivity contribution is 7.99. The molecule has 4 N–H and O–H groups in total. The predicted octanol–water partition coefficient (Wildman–Crippen LogP) is 3.51. The fraction of sp³-hybridized carbons (Fsp3) is 0.409. The van der Waals surface area contributed by atoms with Gasteiger partial charge in [0, 0.05) is 35.0 Å². The van der Waals surface area contributed by atoms with E-state index in [1.807, 2.05) is 0 Å². The van der Waals surface area contributed by atoms with Crippen LogP contribution in [0.2, 0.25) is 5.02 Å². The molecule has 0 radical (unpaired) electrons. The van der Waals surface area contributed by atoms with Gasteiger partial charge in [-0.05, 0) is 30.5 Å². The third-order valence-corrected chi connectivity index (χ3v) is 9.51. The molecule has 34 heavy (non-hydrogen) atoms. The summed E-state index contributed by atoms with van der Waals surface area (Å²) in [6.07, 6.45) is 0.743. The molecule has 12 heteroatoms. The molecule has 2 aliphatic heterocycles. The van der Waals surface area contributed by atoms with Crippen molar-refractivity contribution in [2.24, 2.45) is 0 Å². The van der Waals surface area contributed by atoms with E-state index < -0.39 is 54.7 Å². The molecule has 0 amide bonds. The Morgan fingerprint density at radius 3 is 2.53 bits per heavy atom. The maximum absolute atomic E-state index is 13.9. The van der Waals surface area contributed by atoms with Gasteiger partial charge in [0.1, 0.15) is 21.5 Å². The molecule has 0 bridgehead atoms. The molecule has 2 aromatic rings. The van der Waals surface area contributed by atoms with E-state index in [1.54, 1.807) is 24.8 Å². The number of piperidine rings is 1. The Labute approximate surface area is 205 Å². The summed E-state index contributed by atoms with van der Waals surface area (Å²) in [5.74, 6) is -2.51. The topological polar surface area (TPSA) is 127 Å². The molecule has 2 aromatic carbocycles. The molecule has 1 saturated heterocycles. The summed E-state index contributed by atoms with van der Waals surface area (Å²) in [6.45, 7) is 4.20. The number of sulfonamides is 1. The lowest BCUT2D eigenvalue weighted by Crippen LogP contribution is -2.45. The van der Waals surface area contributed by atoms with Gasteiger partial charge in [-0.2, -0.15) is 0 Å². The van der Waals surface area contributed by atoms with Crippen molar-refractivity contribution in [1.29, 1.82) is 0 Å². The maximum atomic E-state index is 13.9. The number of nitrogens with zero attached hydrogens (tertiary/aromatic N) is 1. The number of aliphatic carboxylic acids is 1. The Balaban J connectivity index is 1.70.